The van der Waals surface area contributed by atoms with Gasteiger partial charge in [-0.3, -0.25) is 0 Å². The van der Waals surface area contributed by atoms with Crippen LogP contribution in [0.25, 0.3) is 0 Å². The average molecular weight is 316 g/mol. The summed E-state index contributed by atoms with van der Waals surface area (Å²) in [7, 11) is -2.70. The molecule has 1 aromatic rings. The van der Waals surface area contributed by atoms with Crippen molar-refractivity contribution in [1.29, 1.82) is 0 Å². The number of aryl methyl sites for hydroxylation is 2. The van der Waals surface area contributed by atoms with Gasteiger partial charge in [0, 0.05) is 12.1 Å². The van der Waals surface area contributed by atoms with Crippen LogP contribution in [-0.4, -0.2) is 33.6 Å². The van der Waals surface area contributed by atoms with Gasteiger partial charge in [-0.1, -0.05) is 0 Å². The lowest BCUT2D eigenvalue weighted by Gasteiger charge is -2.37. The van der Waals surface area contributed by atoms with E-state index in [0.29, 0.717) is 0 Å². The van der Waals surface area contributed by atoms with Crippen LogP contribution in [0.4, 0.5) is 0 Å². The molecule has 0 radical (unpaired) electrons. The fourth-order valence-electron chi connectivity index (χ4n) is 2.44. The van der Waals surface area contributed by atoms with Gasteiger partial charge in [-0.2, -0.15) is 0 Å². The summed E-state index contributed by atoms with van der Waals surface area (Å²) in [5, 5.41) is 0. The number of carbonyl (C=O) groups is 1. The third-order valence-electron chi connectivity index (χ3n) is 3.83. The van der Waals surface area contributed by atoms with Gasteiger partial charge in [-0.25, -0.2) is 17.9 Å². The molecule has 0 bridgehead atoms. The lowest BCUT2D eigenvalue weighted by molar-refractivity contribution is 0.0595. The number of furan rings is 1. The van der Waals surface area contributed by atoms with Crippen molar-refractivity contribution in [2.24, 2.45) is 5.73 Å². The summed E-state index contributed by atoms with van der Waals surface area (Å²) in [5.74, 6) is -0.373. The van der Waals surface area contributed by atoms with Crippen LogP contribution >= 0.6 is 0 Å². The van der Waals surface area contributed by atoms with Gasteiger partial charge in [0.15, 0.2) is 0 Å². The zero-order valence-electron chi connectivity index (χ0n) is 12.4. The molecule has 7 nitrogen and oxygen atoms in total. The molecule has 1 saturated carbocycles. The van der Waals surface area contributed by atoms with Crippen molar-refractivity contribution >= 4 is 16.0 Å². The maximum absolute atomic E-state index is 12.5. The van der Waals surface area contributed by atoms with Crippen LogP contribution in [0.5, 0.6) is 0 Å². The van der Waals surface area contributed by atoms with Crippen molar-refractivity contribution in [3.63, 3.8) is 0 Å². The number of nitrogens with one attached hydrogen (secondary N) is 1. The van der Waals surface area contributed by atoms with Crippen molar-refractivity contribution in [3.8, 4) is 0 Å². The predicted octanol–water partition coefficient (Wildman–Crippen LogP) is 0.843. The minimum Gasteiger partial charge on any atom is -0.465 e. The highest BCUT2D eigenvalue weighted by atomic mass is 32.2. The van der Waals surface area contributed by atoms with Crippen LogP contribution < -0.4 is 10.5 Å². The smallest absolute Gasteiger partial charge is 0.342 e. The van der Waals surface area contributed by atoms with Crippen molar-refractivity contribution in [3.05, 3.63) is 17.1 Å². The molecule has 1 fully saturated rings. The molecule has 1 aromatic heterocycles. The fraction of sp³-hybridized carbons (Fsp3) is 0.615. The first-order valence-corrected chi connectivity index (χ1v) is 8.15. The molecule has 0 amide bonds. The van der Waals surface area contributed by atoms with Crippen molar-refractivity contribution in [1.82, 2.24) is 4.72 Å². The van der Waals surface area contributed by atoms with Gasteiger partial charge in [0.1, 0.15) is 22.0 Å². The summed E-state index contributed by atoms with van der Waals surface area (Å²) < 4.78 is 37.3. The summed E-state index contributed by atoms with van der Waals surface area (Å²) in [4.78, 5) is 11.6. The number of rotatable bonds is 5. The van der Waals surface area contributed by atoms with Gasteiger partial charge >= 0.3 is 5.97 Å². The molecular formula is C13H20N2O5S. The Bertz CT molecular complexity index is 658. The van der Waals surface area contributed by atoms with Crippen molar-refractivity contribution < 1.29 is 22.4 Å². The van der Waals surface area contributed by atoms with E-state index < -0.39 is 21.5 Å². The Hall–Kier alpha value is -1.38. The third-order valence-corrected chi connectivity index (χ3v) is 5.38. The number of sulfonamides is 1. The molecule has 0 aliphatic heterocycles. The molecule has 8 heteroatoms. The van der Waals surface area contributed by atoms with Crippen LogP contribution in [0.15, 0.2) is 9.31 Å². The Morgan fingerprint density at radius 1 is 1.38 bits per heavy atom. The molecule has 1 heterocycles. The monoisotopic (exact) mass is 316 g/mol. The van der Waals surface area contributed by atoms with Gasteiger partial charge in [-0.15, -0.1) is 0 Å². The molecule has 118 valence electrons. The fourth-order valence-corrected chi connectivity index (χ4v) is 3.98. The second-order valence-electron chi connectivity index (χ2n) is 5.45. The molecule has 3 N–H and O–H groups in total. The Morgan fingerprint density at radius 3 is 2.48 bits per heavy atom. The van der Waals surface area contributed by atoms with E-state index in [-0.39, 0.29) is 28.5 Å². The highest BCUT2D eigenvalue weighted by molar-refractivity contribution is 7.89. The quantitative estimate of drug-likeness (QED) is 0.779. The minimum absolute atomic E-state index is 0.0674. The van der Waals surface area contributed by atoms with Crippen molar-refractivity contribution in [2.45, 2.75) is 43.5 Å². The molecule has 0 atom stereocenters. The molecule has 21 heavy (non-hydrogen) atoms. The molecular weight excluding hydrogens is 296 g/mol. The molecule has 0 unspecified atom stereocenters. The number of esters is 1. The maximum Gasteiger partial charge on any atom is 0.342 e. The summed E-state index contributed by atoms with van der Waals surface area (Å²) in [5.41, 5.74) is 5.45. The molecule has 0 aromatic carbocycles. The van der Waals surface area contributed by atoms with E-state index in [0.717, 1.165) is 19.3 Å². The summed E-state index contributed by atoms with van der Waals surface area (Å²) >= 11 is 0. The van der Waals surface area contributed by atoms with E-state index in [9.17, 15) is 13.2 Å². The molecule has 1 aliphatic carbocycles. The number of hydrogen-bond donors (Lipinski definition) is 2. The normalized spacial score (nSPS) is 17.3. The van der Waals surface area contributed by atoms with Crippen LogP contribution in [0, 0.1) is 13.8 Å². The van der Waals surface area contributed by atoms with Crippen LogP contribution in [0.3, 0.4) is 0 Å². The SMILES string of the molecule is COC(=O)c1c(C)oc(C)c1S(=O)(=O)NCC1(N)CCC1. The largest absolute Gasteiger partial charge is 0.465 e. The van der Waals surface area contributed by atoms with Crippen LogP contribution in [0.1, 0.15) is 41.1 Å². The number of carbonyl (C=O) groups excluding carboxylic acids is 1. The Morgan fingerprint density at radius 2 is 2.00 bits per heavy atom. The van der Waals surface area contributed by atoms with E-state index in [1.54, 1.807) is 0 Å². The van der Waals surface area contributed by atoms with Gasteiger partial charge in [0.2, 0.25) is 10.0 Å². The second-order valence-corrected chi connectivity index (χ2v) is 7.15. The number of hydrogen-bond acceptors (Lipinski definition) is 6. The molecule has 0 saturated heterocycles. The van der Waals surface area contributed by atoms with Crippen molar-refractivity contribution in [2.75, 3.05) is 13.7 Å². The van der Waals surface area contributed by atoms with E-state index in [2.05, 4.69) is 9.46 Å². The van der Waals surface area contributed by atoms with Gasteiger partial charge in [-0.05, 0) is 33.1 Å². The average Bonchev–Trinajstić information content (AvgIpc) is 2.68. The Labute approximate surface area is 123 Å². The minimum atomic E-state index is -3.89. The summed E-state index contributed by atoms with van der Waals surface area (Å²) in [6.45, 7) is 3.16. The molecule has 1 aliphatic rings. The topological polar surface area (TPSA) is 112 Å². The standard InChI is InChI=1S/C13H20N2O5S/c1-8-10(12(16)19-3)11(9(2)20-8)21(17,18)15-7-13(14)5-4-6-13/h15H,4-7,14H2,1-3H3. The Balaban J connectivity index is 2.33. The third kappa shape index (κ3) is 2.97. The number of methoxy groups -OCH3 is 1. The first kappa shape index (κ1) is 16.0. The number of nitrogens with two attached hydrogens (primary N) is 1. The van der Waals surface area contributed by atoms with Crippen LogP contribution in [-0.2, 0) is 14.8 Å². The Kier molecular flexibility index (Phi) is 4.14. The lowest BCUT2D eigenvalue weighted by Crippen LogP contribution is -2.54. The number of ether oxygens (including phenoxy) is 1. The molecule has 0 spiro atoms. The lowest BCUT2D eigenvalue weighted by atomic mass is 9.78. The zero-order chi connectivity index (χ0) is 15.8. The van der Waals surface area contributed by atoms with E-state index in [4.69, 9.17) is 10.2 Å². The first-order valence-electron chi connectivity index (χ1n) is 6.67. The van der Waals surface area contributed by atoms with Gasteiger partial charge in [0.25, 0.3) is 0 Å². The van der Waals surface area contributed by atoms with Gasteiger partial charge < -0.3 is 14.9 Å². The van der Waals surface area contributed by atoms with E-state index in [1.165, 1.54) is 21.0 Å². The highest BCUT2D eigenvalue weighted by Crippen LogP contribution is 2.30. The summed E-state index contributed by atoms with van der Waals surface area (Å²) in [6, 6.07) is 0. The summed E-state index contributed by atoms with van der Waals surface area (Å²) in [6.07, 6.45) is 2.56. The van der Waals surface area contributed by atoms with E-state index in [1.807, 2.05) is 0 Å². The van der Waals surface area contributed by atoms with Crippen LogP contribution in [0.2, 0.25) is 0 Å². The predicted molar refractivity (Wildman–Crippen MR) is 75.5 cm³/mol. The highest BCUT2D eigenvalue weighted by Gasteiger charge is 2.36. The van der Waals surface area contributed by atoms with E-state index >= 15 is 0 Å². The second kappa shape index (κ2) is 5.43. The van der Waals surface area contributed by atoms with Gasteiger partial charge in [0.05, 0.1) is 7.11 Å². The zero-order valence-corrected chi connectivity index (χ0v) is 13.2. The molecule has 2 rings (SSSR count). The maximum atomic E-state index is 12.5. The first-order chi connectivity index (χ1) is 9.70.